The molecule has 0 amide bonds. The van der Waals surface area contributed by atoms with Gasteiger partial charge in [0.15, 0.2) is 0 Å². The number of carboxylic acid groups (broad SMARTS) is 1. The number of carbonyl (C=O) groups excluding carboxylic acids is 1. The van der Waals surface area contributed by atoms with Crippen LogP contribution in [-0.2, 0) is 4.79 Å². The Balaban J connectivity index is 2.79. The average Bonchev–Trinajstić information content (AvgIpc) is 2.17. The number of carboxylic acids is 1. The van der Waals surface area contributed by atoms with E-state index < -0.39 is 18.1 Å². The standard InChI is InChI=1S/C9H11NO3/c10-7(9(12)13)8(11)6-4-2-1-3-5-6/h1-5,7-8,11H,10H2,(H,12,13)/p-1. The molecule has 0 fully saturated rings. The van der Waals surface area contributed by atoms with Crippen molar-refractivity contribution in [3.8, 4) is 0 Å². The Kier molecular flexibility index (Phi) is 3.00. The van der Waals surface area contributed by atoms with Crippen LogP contribution in [0.5, 0.6) is 0 Å². The minimum atomic E-state index is -1.46. The Morgan fingerprint density at radius 1 is 1.38 bits per heavy atom. The van der Waals surface area contributed by atoms with Gasteiger partial charge in [0.25, 0.3) is 0 Å². The van der Waals surface area contributed by atoms with E-state index >= 15 is 0 Å². The van der Waals surface area contributed by atoms with Crippen LogP contribution in [-0.4, -0.2) is 17.1 Å². The van der Waals surface area contributed by atoms with Gasteiger partial charge in [-0.3, -0.25) is 0 Å². The molecule has 1 rings (SSSR count). The van der Waals surface area contributed by atoms with Gasteiger partial charge in [0.05, 0.1) is 18.1 Å². The highest BCUT2D eigenvalue weighted by Crippen LogP contribution is 2.14. The fourth-order valence-electron chi connectivity index (χ4n) is 0.986. The molecule has 0 saturated carbocycles. The molecule has 13 heavy (non-hydrogen) atoms. The van der Waals surface area contributed by atoms with Gasteiger partial charge in [0.2, 0.25) is 0 Å². The molecule has 1 aromatic carbocycles. The Morgan fingerprint density at radius 3 is 2.38 bits per heavy atom. The van der Waals surface area contributed by atoms with Gasteiger partial charge in [0.1, 0.15) is 0 Å². The zero-order chi connectivity index (χ0) is 9.84. The molecule has 0 aliphatic carbocycles. The van der Waals surface area contributed by atoms with Crippen LogP contribution >= 0.6 is 0 Å². The van der Waals surface area contributed by atoms with Crippen molar-refractivity contribution in [2.24, 2.45) is 5.73 Å². The van der Waals surface area contributed by atoms with E-state index in [2.05, 4.69) is 0 Å². The average molecular weight is 180 g/mol. The summed E-state index contributed by atoms with van der Waals surface area (Å²) in [6, 6.07) is 6.98. The summed E-state index contributed by atoms with van der Waals surface area (Å²) in [5.41, 5.74) is 5.65. The molecule has 70 valence electrons. The van der Waals surface area contributed by atoms with E-state index in [9.17, 15) is 15.0 Å². The minimum absolute atomic E-state index is 0.471. The molecular weight excluding hydrogens is 170 g/mol. The number of hydrogen-bond donors (Lipinski definition) is 2. The molecule has 2 unspecified atom stereocenters. The van der Waals surface area contributed by atoms with Gasteiger partial charge in [-0.25, -0.2) is 0 Å². The molecule has 0 bridgehead atoms. The number of rotatable bonds is 3. The Labute approximate surface area is 75.6 Å². The van der Waals surface area contributed by atoms with Crippen molar-refractivity contribution in [3.63, 3.8) is 0 Å². The van der Waals surface area contributed by atoms with Gasteiger partial charge in [-0.2, -0.15) is 0 Å². The summed E-state index contributed by atoms with van der Waals surface area (Å²) in [5, 5.41) is 19.7. The first-order valence-electron chi connectivity index (χ1n) is 3.82. The van der Waals surface area contributed by atoms with Crippen LogP contribution in [0.2, 0.25) is 0 Å². The summed E-state index contributed by atoms with van der Waals surface area (Å²) in [6.45, 7) is 0. The van der Waals surface area contributed by atoms with Crippen molar-refractivity contribution >= 4 is 5.97 Å². The lowest BCUT2D eigenvalue weighted by molar-refractivity contribution is -0.309. The summed E-state index contributed by atoms with van der Waals surface area (Å²) < 4.78 is 0. The Bertz CT molecular complexity index is 286. The van der Waals surface area contributed by atoms with E-state index in [0.717, 1.165) is 0 Å². The number of carbonyl (C=O) groups is 1. The molecule has 0 aliphatic rings. The lowest BCUT2D eigenvalue weighted by Gasteiger charge is -2.19. The fraction of sp³-hybridized carbons (Fsp3) is 0.222. The number of nitrogens with two attached hydrogens (primary N) is 1. The third kappa shape index (κ3) is 2.27. The van der Waals surface area contributed by atoms with E-state index in [1.54, 1.807) is 30.3 Å². The van der Waals surface area contributed by atoms with Crippen molar-refractivity contribution in [2.75, 3.05) is 0 Å². The lowest BCUT2D eigenvalue weighted by Crippen LogP contribution is -2.45. The molecule has 2 atom stereocenters. The Morgan fingerprint density at radius 2 is 1.92 bits per heavy atom. The molecule has 0 heterocycles. The molecule has 0 aliphatic heterocycles. The zero-order valence-electron chi connectivity index (χ0n) is 6.88. The fourth-order valence-corrected chi connectivity index (χ4v) is 0.986. The van der Waals surface area contributed by atoms with Gasteiger partial charge in [-0.15, -0.1) is 0 Å². The summed E-state index contributed by atoms with van der Waals surface area (Å²) in [6.07, 6.45) is -1.22. The van der Waals surface area contributed by atoms with E-state index in [0.29, 0.717) is 5.56 Å². The first-order chi connectivity index (χ1) is 6.13. The number of aliphatic hydroxyl groups excluding tert-OH is 1. The Hall–Kier alpha value is -1.39. The van der Waals surface area contributed by atoms with Crippen LogP contribution in [0.1, 0.15) is 11.7 Å². The summed E-state index contributed by atoms with van der Waals surface area (Å²) in [5.74, 6) is -1.46. The maximum atomic E-state index is 10.3. The van der Waals surface area contributed by atoms with Gasteiger partial charge >= 0.3 is 0 Å². The normalized spacial score (nSPS) is 14.9. The summed E-state index contributed by atoms with van der Waals surface area (Å²) >= 11 is 0. The van der Waals surface area contributed by atoms with Crippen LogP contribution in [0.4, 0.5) is 0 Å². The molecular formula is C9H10NO3-. The molecule has 4 nitrogen and oxygen atoms in total. The van der Waals surface area contributed by atoms with Gasteiger partial charge in [-0.05, 0) is 5.56 Å². The molecule has 4 heteroatoms. The predicted octanol–water partition coefficient (Wildman–Crippen LogP) is -1.20. The van der Waals surface area contributed by atoms with Crippen LogP contribution in [0.3, 0.4) is 0 Å². The highest BCUT2D eigenvalue weighted by molar-refractivity contribution is 5.72. The third-order valence-electron chi connectivity index (χ3n) is 1.75. The van der Waals surface area contributed by atoms with Crippen molar-refractivity contribution in [1.29, 1.82) is 0 Å². The smallest absolute Gasteiger partial charge is 0.0994 e. The second-order valence-corrected chi connectivity index (χ2v) is 2.70. The summed E-state index contributed by atoms with van der Waals surface area (Å²) in [4.78, 5) is 10.3. The predicted molar refractivity (Wildman–Crippen MR) is 44.4 cm³/mol. The van der Waals surface area contributed by atoms with Gasteiger partial charge in [-0.1, -0.05) is 30.3 Å². The third-order valence-corrected chi connectivity index (χ3v) is 1.75. The second-order valence-electron chi connectivity index (χ2n) is 2.70. The van der Waals surface area contributed by atoms with Crippen molar-refractivity contribution in [3.05, 3.63) is 35.9 Å². The minimum Gasteiger partial charge on any atom is -0.548 e. The van der Waals surface area contributed by atoms with Crippen molar-refractivity contribution < 1.29 is 15.0 Å². The molecule has 0 aromatic heterocycles. The largest absolute Gasteiger partial charge is 0.548 e. The first kappa shape index (κ1) is 9.70. The molecule has 3 N–H and O–H groups in total. The van der Waals surface area contributed by atoms with Crippen molar-refractivity contribution in [2.45, 2.75) is 12.1 Å². The van der Waals surface area contributed by atoms with E-state index in [-0.39, 0.29) is 0 Å². The van der Waals surface area contributed by atoms with Gasteiger partial charge < -0.3 is 20.7 Å². The topological polar surface area (TPSA) is 86.4 Å². The van der Waals surface area contributed by atoms with Crippen LogP contribution in [0.15, 0.2) is 30.3 Å². The zero-order valence-corrected chi connectivity index (χ0v) is 6.88. The molecule has 0 spiro atoms. The van der Waals surface area contributed by atoms with Crippen LogP contribution in [0.25, 0.3) is 0 Å². The van der Waals surface area contributed by atoms with Crippen LogP contribution in [0, 0.1) is 0 Å². The van der Waals surface area contributed by atoms with Gasteiger partial charge in [0, 0.05) is 0 Å². The number of hydrogen-bond acceptors (Lipinski definition) is 4. The van der Waals surface area contributed by atoms with Crippen LogP contribution < -0.4 is 10.8 Å². The maximum absolute atomic E-state index is 10.3. The number of benzene rings is 1. The molecule has 1 aromatic rings. The summed E-state index contributed by atoms with van der Waals surface area (Å²) in [7, 11) is 0. The highest BCUT2D eigenvalue weighted by Gasteiger charge is 2.16. The second kappa shape index (κ2) is 4.02. The van der Waals surface area contributed by atoms with Crippen molar-refractivity contribution in [1.82, 2.24) is 0 Å². The first-order valence-corrected chi connectivity index (χ1v) is 3.82. The SMILES string of the molecule is NC(C(=O)[O-])C(O)c1ccccc1. The lowest BCUT2D eigenvalue weighted by atomic mass is 10.0. The van der Waals surface area contributed by atoms with E-state index in [1.165, 1.54) is 0 Å². The molecule has 0 radical (unpaired) electrons. The quantitative estimate of drug-likeness (QED) is 0.611. The number of aliphatic carboxylic acids is 1. The van der Waals surface area contributed by atoms with E-state index in [1.807, 2.05) is 0 Å². The monoisotopic (exact) mass is 180 g/mol. The molecule has 0 saturated heterocycles. The highest BCUT2D eigenvalue weighted by atomic mass is 16.4. The van der Waals surface area contributed by atoms with E-state index in [4.69, 9.17) is 5.73 Å². The maximum Gasteiger partial charge on any atom is 0.0994 e. The number of aliphatic hydroxyl groups is 1.